The number of nitrogens with two attached hydrogens (primary N) is 2. The highest BCUT2D eigenvalue weighted by Crippen LogP contribution is 2.22. The van der Waals surface area contributed by atoms with Crippen LogP contribution in [0.15, 0.2) is 58.3 Å². The van der Waals surface area contributed by atoms with Crippen LogP contribution in [0, 0.1) is 0 Å². The standard InChI is InChI=1S/C12H12N2O2S.H2S.H2/c13-9-1-5-11(6-2-9)17(15,16)12-7-3-10(14)4-8-12;;/h1-8H,13-14H2;1H2;1H/i;;1+1D. The van der Waals surface area contributed by atoms with Crippen LogP contribution in [0.5, 0.6) is 0 Å². The number of hydrogen-bond acceptors (Lipinski definition) is 4. The van der Waals surface area contributed by atoms with Gasteiger partial charge in [-0.2, -0.15) is 13.5 Å². The molecular formula is C12H16N2O2S2. The van der Waals surface area contributed by atoms with E-state index in [0.29, 0.717) is 11.4 Å². The Bertz CT molecular complexity index is 578. The summed E-state index contributed by atoms with van der Waals surface area (Å²) in [5, 5.41) is 0. The molecule has 18 heavy (non-hydrogen) atoms. The van der Waals surface area contributed by atoms with E-state index in [2.05, 4.69) is 0 Å². The molecular weight excluding hydrogens is 268 g/mol. The molecule has 0 bridgehead atoms. The fraction of sp³-hybridized carbons (Fsp3) is 0. The molecule has 0 unspecified atom stereocenters. The Morgan fingerprint density at radius 1 is 0.778 bits per heavy atom. The third kappa shape index (κ3) is 2.77. The second kappa shape index (κ2) is 5.32. The summed E-state index contributed by atoms with van der Waals surface area (Å²) in [6, 6.07) is 12.2. The molecule has 0 aliphatic carbocycles. The molecule has 2 rings (SSSR count). The van der Waals surface area contributed by atoms with Crippen molar-refractivity contribution in [3.63, 3.8) is 0 Å². The first kappa shape index (κ1) is 12.8. The minimum atomic E-state index is -3.48. The molecule has 98 valence electrons. The van der Waals surface area contributed by atoms with Gasteiger partial charge in [-0.25, -0.2) is 8.42 Å². The Morgan fingerprint density at radius 2 is 1.06 bits per heavy atom. The molecule has 0 saturated heterocycles. The lowest BCUT2D eigenvalue weighted by Crippen LogP contribution is -2.02. The summed E-state index contributed by atoms with van der Waals surface area (Å²) in [5.74, 6) is 0. The van der Waals surface area contributed by atoms with Crippen LogP contribution in [0.4, 0.5) is 11.4 Å². The zero-order valence-electron chi connectivity index (χ0n) is 11.5. The molecule has 0 saturated carbocycles. The molecule has 0 heterocycles. The van der Waals surface area contributed by atoms with Gasteiger partial charge in [-0.1, -0.05) is 0 Å². The van der Waals surface area contributed by atoms with Gasteiger partial charge in [0.1, 0.15) is 0 Å². The van der Waals surface area contributed by atoms with E-state index in [1.807, 2.05) is 0 Å². The number of sulfone groups is 1. The van der Waals surface area contributed by atoms with E-state index in [-0.39, 0.29) is 23.3 Å². The largest absolute Gasteiger partial charge is 0.399 e. The van der Waals surface area contributed by atoms with Crippen LogP contribution in [0.1, 0.15) is 2.97 Å². The zero-order valence-corrected chi connectivity index (χ0v) is 11.3. The van der Waals surface area contributed by atoms with E-state index in [9.17, 15) is 8.42 Å². The Morgan fingerprint density at radius 3 is 1.33 bits per heavy atom. The number of rotatable bonds is 2. The summed E-state index contributed by atoms with van der Waals surface area (Å²) in [6.07, 6.45) is 0. The molecule has 0 aliphatic heterocycles. The number of benzene rings is 2. The van der Waals surface area contributed by atoms with Crippen molar-refractivity contribution in [1.29, 1.82) is 0 Å². The Hall–Kier alpha value is -1.66. The van der Waals surface area contributed by atoms with Gasteiger partial charge in [0.25, 0.3) is 0 Å². The van der Waals surface area contributed by atoms with Crippen molar-refractivity contribution in [3.05, 3.63) is 48.5 Å². The van der Waals surface area contributed by atoms with Gasteiger partial charge in [0.05, 0.1) is 9.79 Å². The molecule has 0 atom stereocenters. The molecule has 4 N–H and O–H groups in total. The topological polar surface area (TPSA) is 86.2 Å². The summed E-state index contributed by atoms with van der Waals surface area (Å²) in [6.45, 7) is 0. The monoisotopic (exact) mass is 286 g/mol. The summed E-state index contributed by atoms with van der Waals surface area (Å²) >= 11 is 0. The summed E-state index contributed by atoms with van der Waals surface area (Å²) in [5.41, 5.74) is 12.1. The SMILES string of the molecule is Nc1ccc(S(=O)(=O)c2ccc(N)cc2)cc1.S.[2H][2H]. The third-order valence-electron chi connectivity index (χ3n) is 2.38. The van der Waals surface area contributed by atoms with E-state index >= 15 is 0 Å². The van der Waals surface area contributed by atoms with Gasteiger partial charge in [-0.05, 0) is 48.5 Å². The highest BCUT2D eigenvalue weighted by molar-refractivity contribution is 7.91. The number of nitrogen functional groups attached to an aromatic ring is 2. The number of hydrogen-bond donors (Lipinski definition) is 2. The molecule has 2 aromatic carbocycles. The minimum Gasteiger partial charge on any atom is -0.399 e. The van der Waals surface area contributed by atoms with Gasteiger partial charge >= 0.3 is 0 Å². The van der Waals surface area contributed by atoms with Crippen LogP contribution in [0.25, 0.3) is 0 Å². The lowest BCUT2D eigenvalue weighted by Gasteiger charge is -2.05. The Balaban J connectivity index is 0.00000115. The van der Waals surface area contributed by atoms with Crippen LogP contribution in [0.3, 0.4) is 0 Å². The molecule has 2 aromatic rings. The maximum atomic E-state index is 12.2. The lowest BCUT2D eigenvalue weighted by molar-refractivity contribution is 0.596. The normalized spacial score (nSPS) is 11.1. The van der Waals surface area contributed by atoms with Crippen LogP contribution in [-0.4, -0.2) is 8.42 Å². The van der Waals surface area contributed by atoms with E-state index in [4.69, 9.17) is 14.4 Å². The first-order chi connectivity index (χ1) is 9.00. The second-order valence-corrected chi connectivity index (χ2v) is 5.59. The van der Waals surface area contributed by atoms with Crippen LogP contribution in [0.2, 0.25) is 0 Å². The van der Waals surface area contributed by atoms with Crippen LogP contribution < -0.4 is 11.5 Å². The highest BCUT2D eigenvalue weighted by atomic mass is 32.2. The summed E-state index contributed by atoms with van der Waals surface area (Å²) in [7, 11) is -3.48. The smallest absolute Gasteiger partial charge is 0.206 e. The van der Waals surface area contributed by atoms with Crippen LogP contribution in [-0.2, 0) is 9.84 Å². The molecule has 4 nitrogen and oxygen atoms in total. The minimum absolute atomic E-state index is 0. The van der Waals surface area contributed by atoms with E-state index in [1.165, 1.54) is 24.3 Å². The second-order valence-electron chi connectivity index (χ2n) is 3.64. The average molecular weight is 286 g/mol. The first-order valence-corrected chi connectivity index (χ1v) is 6.44. The Labute approximate surface area is 116 Å². The summed E-state index contributed by atoms with van der Waals surface area (Å²) < 4.78 is 34.3. The van der Waals surface area contributed by atoms with Gasteiger partial charge in [0.2, 0.25) is 9.84 Å². The maximum Gasteiger partial charge on any atom is 0.206 e. The van der Waals surface area contributed by atoms with Crippen molar-refractivity contribution in [3.8, 4) is 0 Å². The molecule has 0 spiro atoms. The van der Waals surface area contributed by atoms with Crippen LogP contribution >= 0.6 is 13.5 Å². The summed E-state index contributed by atoms with van der Waals surface area (Å²) in [4.78, 5) is 0.438. The van der Waals surface area contributed by atoms with Crippen molar-refractivity contribution in [2.75, 3.05) is 11.5 Å². The van der Waals surface area contributed by atoms with E-state index in [0.717, 1.165) is 0 Å². The zero-order chi connectivity index (χ0) is 14.5. The highest BCUT2D eigenvalue weighted by Gasteiger charge is 2.16. The molecule has 0 aromatic heterocycles. The van der Waals surface area contributed by atoms with Crippen molar-refractivity contribution in [1.82, 2.24) is 0 Å². The van der Waals surface area contributed by atoms with Gasteiger partial charge in [0, 0.05) is 14.3 Å². The molecule has 0 fully saturated rings. The van der Waals surface area contributed by atoms with Gasteiger partial charge in [-0.3, -0.25) is 0 Å². The first-order valence-electron chi connectivity index (χ1n) is 5.96. The maximum absolute atomic E-state index is 12.2. The number of anilines is 2. The van der Waals surface area contributed by atoms with Crippen molar-refractivity contribution in [2.24, 2.45) is 0 Å². The quantitative estimate of drug-likeness (QED) is 0.827. The fourth-order valence-corrected chi connectivity index (χ4v) is 2.69. The van der Waals surface area contributed by atoms with Gasteiger partial charge in [0.15, 0.2) is 0 Å². The van der Waals surface area contributed by atoms with Gasteiger partial charge < -0.3 is 11.5 Å². The molecule has 0 aliphatic rings. The molecule has 6 heteroatoms. The molecule has 0 amide bonds. The predicted octanol–water partition coefficient (Wildman–Crippen LogP) is 2.04. The predicted molar refractivity (Wildman–Crippen MR) is 79.7 cm³/mol. The van der Waals surface area contributed by atoms with E-state index in [1.54, 1.807) is 24.3 Å². The van der Waals surface area contributed by atoms with Gasteiger partial charge in [-0.15, -0.1) is 0 Å². The Kier molecular flexibility index (Phi) is 3.78. The van der Waals surface area contributed by atoms with Crippen molar-refractivity contribution < 1.29 is 11.4 Å². The fourth-order valence-electron chi connectivity index (χ4n) is 1.43. The molecule has 0 radical (unpaired) electrons. The van der Waals surface area contributed by atoms with Crippen molar-refractivity contribution in [2.45, 2.75) is 9.79 Å². The lowest BCUT2D eigenvalue weighted by atomic mass is 10.3. The van der Waals surface area contributed by atoms with E-state index < -0.39 is 9.84 Å². The van der Waals surface area contributed by atoms with Crippen molar-refractivity contribution >= 4 is 34.7 Å². The third-order valence-corrected chi connectivity index (χ3v) is 4.17. The average Bonchev–Trinajstić information content (AvgIpc) is 2.42.